The molecule has 0 aliphatic carbocycles. The summed E-state index contributed by atoms with van der Waals surface area (Å²) in [5.74, 6) is 1.93. The number of fused-ring (bicyclic) bond motifs is 1. The molecule has 31 heavy (non-hydrogen) atoms. The lowest BCUT2D eigenvalue weighted by atomic mass is 10.1. The summed E-state index contributed by atoms with van der Waals surface area (Å²) in [6.45, 7) is 2.03. The van der Waals surface area contributed by atoms with E-state index in [4.69, 9.17) is 14.0 Å². The van der Waals surface area contributed by atoms with Gasteiger partial charge in [-0.2, -0.15) is 4.98 Å². The fraction of sp³-hybridized carbons (Fsp3) is 0.208. The molecule has 7 heteroatoms. The number of rotatable bonds is 8. The lowest BCUT2D eigenvalue weighted by molar-refractivity contribution is -0.128. The first-order chi connectivity index (χ1) is 15.2. The molecule has 0 radical (unpaired) electrons. The third-order valence-electron chi connectivity index (χ3n) is 4.89. The number of nitrogens with one attached hydrogen (secondary N) is 1. The van der Waals surface area contributed by atoms with Crippen molar-refractivity contribution < 1.29 is 18.8 Å². The van der Waals surface area contributed by atoms with Crippen molar-refractivity contribution in [2.45, 2.75) is 26.0 Å². The maximum Gasteiger partial charge on any atom is 0.261 e. The molecule has 1 atom stereocenters. The average molecular weight is 417 g/mol. The Morgan fingerprint density at radius 3 is 2.52 bits per heavy atom. The van der Waals surface area contributed by atoms with Gasteiger partial charge in [0.1, 0.15) is 11.5 Å². The van der Waals surface area contributed by atoms with Gasteiger partial charge in [-0.1, -0.05) is 42.4 Å². The van der Waals surface area contributed by atoms with E-state index in [9.17, 15) is 4.79 Å². The van der Waals surface area contributed by atoms with Crippen LogP contribution in [0.15, 0.2) is 71.3 Å². The maximum absolute atomic E-state index is 12.6. The SMILES string of the molecule is CC[C@@H](Oc1ccc2ccccc2c1)C(=O)NCc1nc(-c2ccc(OC)cc2)no1. The van der Waals surface area contributed by atoms with Gasteiger partial charge in [0.2, 0.25) is 11.7 Å². The molecular weight excluding hydrogens is 394 g/mol. The van der Waals surface area contributed by atoms with Crippen molar-refractivity contribution in [3.63, 3.8) is 0 Å². The summed E-state index contributed by atoms with van der Waals surface area (Å²) in [7, 11) is 1.61. The highest BCUT2D eigenvalue weighted by atomic mass is 16.5. The highest BCUT2D eigenvalue weighted by Gasteiger charge is 2.19. The number of nitrogens with zero attached hydrogens (tertiary/aromatic N) is 2. The van der Waals surface area contributed by atoms with Gasteiger partial charge in [0.15, 0.2) is 6.10 Å². The molecule has 1 amide bonds. The van der Waals surface area contributed by atoms with Gasteiger partial charge in [0, 0.05) is 5.56 Å². The summed E-state index contributed by atoms with van der Waals surface area (Å²) >= 11 is 0. The van der Waals surface area contributed by atoms with Crippen LogP contribution in [0.3, 0.4) is 0 Å². The lowest BCUT2D eigenvalue weighted by Gasteiger charge is -2.17. The molecule has 0 unspecified atom stereocenters. The van der Waals surface area contributed by atoms with Crippen LogP contribution in [0.5, 0.6) is 11.5 Å². The van der Waals surface area contributed by atoms with E-state index in [2.05, 4.69) is 15.5 Å². The van der Waals surface area contributed by atoms with E-state index < -0.39 is 6.10 Å². The van der Waals surface area contributed by atoms with Crippen molar-refractivity contribution in [1.82, 2.24) is 15.5 Å². The number of benzene rings is 3. The Labute approximate surface area is 180 Å². The third kappa shape index (κ3) is 4.83. The number of carbonyl (C=O) groups is 1. The summed E-state index contributed by atoms with van der Waals surface area (Å²) in [5, 5.41) is 8.97. The van der Waals surface area contributed by atoms with Crippen LogP contribution in [0, 0.1) is 0 Å². The molecule has 0 aliphatic heterocycles. The molecule has 1 aromatic heterocycles. The quantitative estimate of drug-likeness (QED) is 0.458. The van der Waals surface area contributed by atoms with Gasteiger partial charge < -0.3 is 19.3 Å². The Hall–Kier alpha value is -3.87. The van der Waals surface area contributed by atoms with Gasteiger partial charge in [-0.15, -0.1) is 0 Å². The maximum atomic E-state index is 12.6. The van der Waals surface area contributed by atoms with Gasteiger partial charge in [0.25, 0.3) is 5.91 Å². The molecule has 0 aliphatic rings. The number of carbonyl (C=O) groups excluding carboxylic acids is 1. The lowest BCUT2D eigenvalue weighted by Crippen LogP contribution is -2.37. The fourth-order valence-electron chi connectivity index (χ4n) is 3.19. The summed E-state index contributed by atoms with van der Waals surface area (Å²) in [4.78, 5) is 17.0. The molecule has 0 fully saturated rings. The van der Waals surface area contributed by atoms with Crippen LogP contribution >= 0.6 is 0 Å². The summed E-state index contributed by atoms with van der Waals surface area (Å²) in [6.07, 6.45) is -0.0929. The van der Waals surface area contributed by atoms with Crippen LogP contribution in [0.25, 0.3) is 22.2 Å². The first-order valence-electron chi connectivity index (χ1n) is 10.1. The van der Waals surface area contributed by atoms with Crippen LogP contribution in [0.4, 0.5) is 0 Å². The Balaban J connectivity index is 1.37. The topological polar surface area (TPSA) is 86.5 Å². The van der Waals surface area contributed by atoms with Crippen molar-refractivity contribution in [2.75, 3.05) is 7.11 Å². The van der Waals surface area contributed by atoms with Crippen molar-refractivity contribution in [3.05, 3.63) is 72.6 Å². The van der Waals surface area contributed by atoms with E-state index in [1.165, 1.54) is 0 Å². The van der Waals surface area contributed by atoms with E-state index >= 15 is 0 Å². The summed E-state index contributed by atoms with van der Waals surface area (Å²) in [6, 6.07) is 21.1. The van der Waals surface area contributed by atoms with Gasteiger partial charge in [0.05, 0.1) is 13.7 Å². The molecule has 158 valence electrons. The first-order valence-corrected chi connectivity index (χ1v) is 10.1. The molecule has 0 bridgehead atoms. The predicted octanol–water partition coefficient (Wildman–Crippen LogP) is 4.37. The molecule has 0 spiro atoms. The second-order valence-corrected chi connectivity index (χ2v) is 6.98. The normalized spacial score (nSPS) is 11.8. The molecule has 7 nitrogen and oxygen atoms in total. The van der Waals surface area contributed by atoms with Crippen molar-refractivity contribution >= 4 is 16.7 Å². The van der Waals surface area contributed by atoms with E-state index in [0.717, 1.165) is 22.1 Å². The number of hydrogen-bond acceptors (Lipinski definition) is 6. The van der Waals surface area contributed by atoms with Crippen LogP contribution in [0.1, 0.15) is 19.2 Å². The number of ether oxygens (including phenoxy) is 2. The molecule has 4 rings (SSSR count). The standard InChI is InChI=1S/C24H23N3O4/c1-3-21(30-20-13-8-16-6-4-5-7-18(16)14-20)24(28)25-15-22-26-23(27-31-22)17-9-11-19(29-2)12-10-17/h4-14,21H,3,15H2,1-2H3,(H,25,28)/t21-/m1/s1. The zero-order valence-electron chi connectivity index (χ0n) is 17.4. The highest BCUT2D eigenvalue weighted by molar-refractivity contribution is 5.84. The van der Waals surface area contributed by atoms with Crippen molar-refractivity contribution in [1.29, 1.82) is 0 Å². The average Bonchev–Trinajstić information content (AvgIpc) is 3.30. The van der Waals surface area contributed by atoms with Crippen LogP contribution in [-0.4, -0.2) is 29.3 Å². The highest BCUT2D eigenvalue weighted by Crippen LogP contribution is 2.22. The molecule has 1 N–H and O–H groups in total. The predicted molar refractivity (Wildman–Crippen MR) is 117 cm³/mol. The zero-order valence-corrected chi connectivity index (χ0v) is 17.4. The van der Waals surface area contributed by atoms with Gasteiger partial charge in [-0.05, 0) is 53.6 Å². The van der Waals surface area contributed by atoms with Gasteiger partial charge >= 0.3 is 0 Å². The van der Waals surface area contributed by atoms with Crippen LogP contribution in [0.2, 0.25) is 0 Å². The summed E-state index contributed by atoms with van der Waals surface area (Å²) in [5.41, 5.74) is 0.799. The Morgan fingerprint density at radius 2 is 1.77 bits per heavy atom. The molecule has 3 aromatic carbocycles. The van der Waals surface area contributed by atoms with Gasteiger partial charge in [-0.3, -0.25) is 4.79 Å². The molecule has 4 aromatic rings. The largest absolute Gasteiger partial charge is 0.497 e. The Kier molecular flexibility index (Phi) is 6.12. The van der Waals surface area contributed by atoms with E-state index in [1.54, 1.807) is 7.11 Å². The first kappa shape index (κ1) is 20.4. The van der Waals surface area contributed by atoms with E-state index in [1.807, 2.05) is 73.7 Å². The Bertz CT molecular complexity index is 1170. The monoisotopic (exact) mass is 417 g/mol. The second kappa shape index (κ2) is 9.30. The zero-order chi connectivity index (χ0) is 21.6. The second-order valence-electron chi connectivity index (χ2n) is 6.98. The third-order valence-corrected chi connectivity index (χ3v) is 4.89. The number of aromatic nitrogens is 2. The fourth-order valence-corrected chi connectivity index (χ4v) is 3.19. The number of methoxy groups -OCH3 is 1. The Morgan fingerprint density at radius 1 is 1.03 bits per heavy atom. The molecule has 0 saturated heterocycles. The minimum absolute atomic E-state index is 0.125. The van der Waals surface area contributed by atoms with E-state index in [-0.39, 0.29) is 12.5 Å². The molecular formula is C24H23N3O4. The van der Waals surface area contributed by atoms with Crippen LogP contribution < -0.4 is 14.8 Å². The molecule has 1 heterocycles. The minimum atomic E-state index is -0.620. The van der Waals surface area contributed by atoms with E-state index in [0.29, 0.717) is 23.9 Å². The van der Waals surface area contributed by atoms with Crippen LogP contribution in [-0.2, 0) is 11.3 Å². The van der Waals surface area contributed by atoms with Crippen molar-refractivity contribution in [2.24, 2.45) is 0 Å². The summed E-state index contributed by atoms with van der Waals surface area (Å²) < 4.78 is 16.3. The number of amides is 1. The van der Waals surface area contributed by atoms with Gasteiger partial charge in [-0.25, -0.2) is 0 Å². The minimum Gasteiger partial charge on any atom is -0.497 e. The van der Waals surface area contributed by atoms with Crippen molar-refractivity contribution in [3.8, 4) is 22.9 Å². The number of hydrogen-bond donors (Lipinski definition) is 1. The molecule has 0 saturated carbocycles. The smallest absolute Gasteiger partial charge is 0.261 e.